The zero-order chi connectivity index (χ0) is 14.4. The summed E-state index contributed by atoms with van der Waals surface area (Å²) < 4.78 is 5.52. The van der Waals surface area contributed by atoms with E-state index in [0.717, 1.165) is 6.42 Å². The Hall–Kier alpha value is -0.930. The van der Waals surface area contributed by atoms with Crippen molar-refractivity contribution in [1.82, 2.24) is 5.32 Å². The molecule has 0 aliphatic carbocycles. The Bertz CT molecular complexity index is 435. The topological polar surface area (TPSA) is 38.3 Å². The van der Waals surface area contributed by atoms with Crippen molar-refractivity contribution in [2.24, 2.45) is 5.92 Å². The van der Waals surface area contributed by atoms with E-state index in [-0.39, 0.29) is 5.91 Å². The van der Waals surface area contributed by atoms with Crippen LogP contribution in [0.4, 0.5) is 0 Å². The zero-order valence-corrected chi connectivity index (χ0v) is 12.9. The van der Waals surface area contributed by atoms with Crippen molar-refractivity contribution in [3.8, 4) is 5.75 Å². The molecule has 0 bridgehead atoms. The molecular weight excluding hydrogens is 285 g/mol. The van der Waals surface area contributed by atoms with Crippen LogP contribution in [-0.2, 0) is 4.79 Å². The molecule has 1 aromatic rings. The minimum Gasteiger partial charge on any atom is -0.479 e. The summed E-state index contributed by atoms with van der Waals surface area (Å²) in [5.41, 5.74) is 0. The third-order valence-electron chi connectivity index (χ3n) is 2.59. The smallest absolute Gasteiger partial charge is 0.260 e. The molecule has 3 nitrogen and oxygen atoms in total. The minimum absolute atomic E-state index is 0.147. The third kappa shape index (κ3) is 5.70. The van der Waals surface area contributed by atoms with Gasteiger partial charge >= 0.3 is 0 Å². The van der Waals surface area contributed by atoms with Gasteiger partial charge in [-0.1, -0.05) is 37.0 Å². The quantitative estimate of drug-likeness (QED) is 0.865. The molecule has 106 valence electrons. The van der Waals surface area contributed by atoms with Crippen LogP contribution in [0, 0.1) is 5.92 Å². The molecule has 19 heavy (non-hydrogen) atoms. The molecule has 0 saturated heterocycles. The molecule has 0 radical (unpaired) electrons. The van der Waals surface area contributed by atoms with E-state index in [9.17, 15) is 4.79 Å². The lowest BCUT2D eigenvalue weighted by Gasteiger charge is -2.16. The van der Waals surface area contributed by atoms with Gasteiger partial charge in [-0.3, -0.25) is 4.79 Å². The van der Waals surface area contributed by atoms with Crippen molar-refractivity contribution in [2.75, 3.05) is 6.54 Å². The summed E-state index contributed by atoms with van der Waals surface area (Å²) in [6.45, 7) is 6.56. The highest BCUT2D eigenvalue weighted by atomic mass is 35.5. The van der Waals surface area contributed by atoms with E-state index >= 15 is 0 Å². The fraction of sp³-hybridized carbons (Fsp3) is 0.500. The molecule has 1 amide bonds. The van der Waals surface area contributed by atoms with Gasteiger partial charge in [-0.15, -0.1) is 0 Å². The summed E-state index contributed by atoms with van der Waals surface area (Å²) in [4.78, 5) is 11.8. The number of carbonyl (C=O) groups is 1. The van der Waals surface area contributed by atoms with E-state index in [0.29, 0.717) is 28.3 Å². The molecule has 0 aromatic heterocycles. The van der Waals surface area contributed by atoms with Crippen LogP contribution in [0.2, 0.25) is 10.0 Å². The van der Waals surface area contributed by atoms with Gasteiger partial charge in [-0.25, -0.2) is 0 Å². The summed E-state index contributed by atoms with van der Waals surface area (Å²) in [5.74, 6) is 0.867. The third-order valence-corrected chi connectivity index (χ3v) is 3.12. The summed E-state index contributed by atoms with van der Waals surface area (Å²) in [7, 11) is 0. The zero-order valence-electron chi connectivity index (χ0n) is 11.4. The van der Waals surface area contributed by atoms with Gasteiger partial charge in [0.1, 0.15) is 5.75 Å². The van der Waals surface area contributed by atoms with Crippen molar-refractivity contribution in [1.29, 1.82) is 0 Å². The van der Waals surface area contributed by atoms with Crippen LogP contribution >= 0.6 is 23.2 Å². The number of benzene rings is 1. The van der Waals surface area contributed by atoms with E-state index in [1.165, 1.54) is 0 Å². The van der Waals surface area contributed by atoms with E-state index in [1.54, 1.807) is 25.1 Å². The SMILES string of the molecule is CC(C)CCNC(=O)C(C)Oc1ccc(Cl)cc1Cl. The highest BCUT2D eigenvalue weighted by molar-refractivity contribution is 6.35. The monoisotopic (exact) mass is 303 g/mol. The lowest BCUT2D eigenvalue weighted by molar-refractivity contribution is -0.127. The van der Waals surface area contributed by atoms with Gasteiger partial charge in [-0.05, 0) is 37.5 Å². The normalized spacial score (nSPS) is 12.3. The van der Waals surface area contributed by atoms with E-state index in [1.807, 2.05) is 0 Å². The van der Waals surface area contributed by atoms with Crippen LogP contribution in [0.1, 0.15) is 27.2 Å². The van der Waals surface area contributed by atoms with Crippen LogP contribution < -0.4 is 10.1 Å². The van der Waals surface area contributed by atoms with Gasteiger partial charge in [0.2, 0.25) is 0 Å². The van der Waals surface area contributed by atoms with Crippen LogP contribution in [0.5, 0.6) is 5.75 Å². The van der Waals surface area contributed by atoms with Gasteiger partial charge in [0.05, 0.1) is 5.02 Å². The Morgan fingerprint density at radius 3 is 2.58 bits per heavy atom. The van der Waals surface area contributed by atoms with Gasteiger partial charge in [0.15, 0.2) is 6.10 Å². The number of nitrogens with one attached hydrogen (secondary N) is 1. The Morgan fingerprint density at radius 1 is 1.32 bits per heavy atom. The molecule has 0 spiro atoms. The Morgan fingerprint density at radius 2 is 2.00 bits per heavy atom. The Labute approximate surface area is 124 Å². The number of carbonyl (C=O) groups excluding carboxylic acids is 1. The molecule has 0 fully saturated rings. The molecule has 1 unspecified atom stereocenters. The second kappa shape index (κ2) is 7.61. The van der Waals surface area contributed by atoms with Gasteiger partial charge in [0.25, 0.3) is 5.91 Å². The number of hydrogen-bond donors (Lipinski definition) is 1. The first-order valence-corrected chi connectivity index (χ1v) is 7.05. The number of ether oxygens (including phenoxy) is 1. The summed E-state index contributed by atoms with van der Waals surface area (Å²) >= 11 is 11.8. The maximum absolute atomic E-state index is 11.8. The fourth-order valence-corrected chi connectivity index (χ4v) is 1.90. The first-order valence-electron chi connectivity index (χ1n) is 6.29. The Balaban J connectivity index is 2.49. The van der Waals surface area contributed by atoms with Crippen molar-refractivity contribution in [3.63, 3.8) is 0 Å². The van der Waals surface area contributed by atoms with Gasteiger partial charge in [0, 0.05) is 11.6 Å². The molecule has 0 saturated carbocycles. The number of halogens is 2. The summed E-state index contributed by atoms with van der Waals surface area (Å²) in [5, 5.41) is 3.76. The van der Waals surface area contributed by atoms with Crippen LogP contribution in [0.3, 0.4) is 0 Å². The molecule has 0 heterocycles. The maximum atomic E-state index is 11.8. The average molecular weight is 304 g/mol. The average Bonchev–Trinajstić information content (AvgIpc) is 2.32. The lowest BCUT2D eigenvalue weighted by atomic mass is 10.1. The number of amides is 1. The lowest BCUT2D eigenvalue weighted by Crippen LogP contribution is -2.37. The van der Waals surface area contributed by atoms with E-state index in [4.69, 9.17) is 27.9 Å². The molecule has 1 aromatic carbocycles. The van der Waals surface area contributed by atoms with Crippen molar-refractivity contribution in [2.45, 2.75) is 33.3 Å². The van der Waals surface area contributed by atoms with Crippen LogP contribution in [0.25, 0.3) is 0 Å². The fourth-order valence-electron chi connectivity index (χ4n) is 1.44. The highest BCUT2D eigenvalue weighted by Gasteiger charge is 2.15. The highest BCUT2D eigenvalue weighted by Crippen LogP contribution is 2.28. The standard InChI is InChI=1S/C14H19Cl2NO2/c1-9(2)6-7-17-14(18)10(3)19-13-5-4-11(15)8-12(13)16/h4-5,8-10H,6-7H2,1-3H3,(H,17,18). The molecule has 1 atom stereocenters. The van der Waals surface area contributed by atoms with Crippen molar-refractivity contribution in [3.05, 3.63) is 28.2 Å². The van der Waals surface area contributed by atoms with E-state index < -0.39 is 6.10 Å². The predicted molar refractivity (Wildman–Crippen MR) is 79.0 cm³/mol. The minimum atomic E-state index is -0.592. The summed E-state index contributed by atoms with van der Waals surface area (Å²) in [6, 6.07) is 4.91. The van der Waals surface area contributed by atoms with Crippen LogP contribution in [0.15, 0.2) is 18.2 Å². The van der Waals surface area contributed by atoms with Gasteiger partial charge in [-0.2, -0.15) is 0 Å². The number of rotatable bonds is 6. The maximum Gasteiger partial charge on any atom is 0.260 e. The van der Waals surface area contributed by atoms with Crippen molar-refractivity contribution < 1.29 is 9.53 Å². The number of hydrogen-bond acceptors (Lipinski definition) is 2. The molecule has 0 aliphatic heterocycles. The predicted octanol–water partition coefficient (Wildman–Crippen LogP) is 3.92. The molecule has 1 rings (SSSR count). The molecule has 0 aliphatic rings. The summed E-state index contributed by atoms with van der Waals surface area (Å²) in [6.07, 6.45) is 0.353. The van der Waals surface area contributed by atoms with E-state index in [2.05, 4.69) is 19.2 Å². The van der Waals surface area contributed by atoms with Crippen molar-refractivity contribution >= 4 is 29.1 Å². The first-order chi connectivity index (χ1) is 8.90. The van der Waals surface area contributed by atoms with Gasteiger partial charge < -0.3 is 10.1 Å². The second-order valence-electron chi connectivity index (χ2n) is 4.81. The molecule has 1 N–H and O–H groups in total. The first kappa shape index (κ1) is 16.1. The Kier molecular flexibility index (Phi) is 6.46. The molecular formula is C14H19Cl2NO2. The van der Waals surface area contributed by atoms with Crippen LogP contribution in [-0.4, -0.2) is 18.6 Å². The second-order valence-corrected chi connectivity index (χ2v) is 5.65. The molecule has 5 heteroatoms. The largest absolute Gasteiger partial charge is 0.479 e.